The van der Waals surface area contributed by atoms with E-state index in [0.29, 0.717) is 18.8 Å². The smallest absolute Gasteiger partial charge is 0.317 e. The number of hydrogen-bond donors (Lipinski definition) is 2. The van der Waals surface area contributed by atoms with Crippen molar-refractivity contribution < 1.29 is 14.7 Å². The zero-order chi connectivity index (χ0) is 19.1. The topological polar surface area (TPSA) is 69.6 Å². The van der Waals surface area contributed by atoms with Crippen LogP contribution in [0, 0.1) is 0 Å². The number of thiophene rings is 1. The van der Waals surface area contributed by atoms with E-state index in [9.17, 15) is 9.59 Å². The number of piperidine rings is 1. The van der Waals surface area contributed by atoms with E-state index in [1.165, 1.54) is 5.56 Å². The van der Waals surface area contributed by atoms with E-state index in [-0.39, 0.29) is 18.5 Å². The molecule has 1 aliphatic rings. The van der Waals surface area contributed by atoms with Crippen LogP contribution in [-0.4, -0.2) is 41.1 Å². The lowest BCUT2D eigenvalue weighted by atomic mass is 9.91. The SMILES string of the molecule is O=C(O)CCC(Cc1ccccc1)NC(=O)N1CCC(c2ccsc2)CC1. The second-order valence-electron chi connectivity index (χ2n) is 7.09. The summed E-state index contributed by atoms with van der Waals surface area (Å²) in [5, 5.41) is 16.4. The van der Waals surface area contributed by atoms with Crippen LogP contribution in [0.2, 0.25) is 0 Å². The largest absolute Gasteiger partial charge is 0.481 e. The first-order chi connectivity index (χ1) is 13.1. The molecule has 3 rings (SSSR count). The lowest BCUT2D eigenvalue weighted by Crippen LogP contribution is -2.48. The highest BCUT2D eigenvalue weighted by Gasteiger charge is 2.25. The lowest BCUT2D eigenvalue weighted by Gasteiger charge is -2.33. The van der Waals surface area contributed by atoms with Crippen LogP contribution in [0.1, 0.15) is 42.7 Å². The van der Waals surface area contributed by atoms with Crippen LogP contribution >= 0.6 is 11.3 Å². The monoisotopic (exact) mass is 386 g/mol. The maximum atomic E-state index is 12.7. The van der Waals surface area contributed by atoms with Crippen molar-refractivity contribution in [2.75, 3.05) is 13.1 Å². The minimum atomic E-state index is -0.834. The van der Waals surface area contributed by atoms with Crippen molar-refractivity contribution in [2.24, 2.45) is 0 Å². The van der Waals surface area contributed by atoms with Crippen LogP contribution in [0.15, 0.2) is 47.2 Å². The van der Waals surface area contributed by atoms with Gasteiger partial charge in [0.05, 0.1) is 0 Å². The van der Waals surface area contributed by atoms with Crippen molar-refractivity contribution in [3.05, 3.63) is 58.3 Å². The molecule has 0 saturated carbocycles. The van der Waals surface area contributed by atoms with Gasteiger partial charge in [-0.15, -0.1) is 0 Å². The van der Waals surface area contributed by atoms with E-state index in [1.54, 1.807) is 11.3 Å². The normalized spacial score (nSPS) is 16.1. The van der Waals surface area contributed by atoms with Gasteiger partial charge in [-0.05, 0) is 59.6 Å². The summed E-state index contributed by atoms with van der Waals surface area (Å²) in [4.78, 5) is 25.5. The molecule has 2 aromatic rings. The second-order valence-corrected chi connectivity index (χ2v) is 7.87. The summed E-state index contributed by atoms with van der Waals surface area (Å²) < 4.78 is 0. The van der Waals surface area contributed by atoms with Crippen LogP contribution in [0.4, 0.5) is 4.79 Å². The summed E-state index contributed by atoms with van der Waals surface area (Å²) in [5.74, 6) is -0.300. The Balaban J connectivity index is 1.54. The van der Waals surface area contributed by atoms with Crippen LogP contribution in [-0.2, 0) is 11.2 Å². The third kappa shape index (κ3) is 5.82. The summed E-state index contributed by atoms with van der Waals surface area (Å²) in [7, 11) is 0. The predicted octanol–water partition coefficient (Wildman–Crippen LogP) is 4.11. The molecule has 1 unspecified atom stereocenters. The van der Waals surface area contributed by atoms with Crippen LogP contribution in [0.25, 0.3) is 0 Å². The Morgan fingerprint density at radius 1 is 1.19 bits per heavy atom. The minimum absolute atomic E-state index is 0.0536. The molecule has 2 N–H and O–H groups in total. The fraction of sp³-hybridized carbons (Fsp3) is 0.429. The quantitative estimate of drug-likeness (QED) is 0.752. The predicted molar refractivity (Wildman–Crippen MR) is 107 cm³/mol. The van der Waals surface area contributed by atoms with E-state index < -0.39 is 5.97 Å². The molecule has 2 amide bonds. The fourth-order valence-corrected chi connectivity index (χ4v) is 4.35. The number of urea groups is 1. The molecule has 144 valence electrons. The molecule has 0 spiro atoms. The Morgan fingerprint density at radius 3 is 2.56 bits per heavy atom. The maximum absolute atomic E-state index is 12.7. The second kappa shape index (κ2) is 9.55. The fourth-order valence-electron chi connectivity index (χ4n) is 3.61. The van der Waals surface area contributed by atoms with Gasteiger partial charge in [0.15, 0.2) is 0 Å². The molecule has 0 aliphatic carbocycles. The van der Waals surface area contributed by atoms with Gasteiger partial charge in [-0.1, -0.05) is 30.3 Å². The molecule has 0 bridgehead atoms. The van der Waals surface area contributed by atoms with Crippen molar-refractivity contribution in [1.82, 2.24) is 10.2 Å². The average molecular weight is 387 g/mol. The number of nitrogens with zero attached hydrogens (tertiary/aromatic N) is 1. The number of rotatable bonds is 7. The third-order valence-electron chi connectivity index (χ3n) is 5.16. The molecular formula is C21H26N2O3S. The molecule has 27 heavy (non-hydrogen) atoms. The van der Waals surface area contributed by atoms with Crippen molar-refractivity contribution in [1.29, 1.82) is 0 Å². The zero-order valence-electron chi connectivity index (χ0n) is 15.3. The summed E-state index contributed by atoms with van der Waals surface area (Å²) in [6.07, 6.45) is 3.08. The molecule has 0 radical (unpaired) electrons. The average Bonchev–Trinajstić information content (AvgIpc) is 3.22. The number of hydrogen-bond acceptors (Lipinski definition) is 3. The van der Waals surface area contributed by atoms with E-state index in [2.05, 4.69) is 22.1 Å². The van der Waals surface area contributed by atoms with Crippen LogP contribution in [0.3, 0.4) is 0 Å². The van der Waals surface area contributed by atoms with Gasteiger partial charge < -0.3 is 15.3 Å². The Kier molecular flexibility index (Phi) is 6.87. The maximum Gasteiger partial charge on any atom is 0.317 e. The Hall–Kier alpha value is -2.34. The zero-order valence-corrected chi connectivity index (χ0v) is 16.2. The number of nitrogens with one attached hydrogen (secondary N) is 1. The molecule has 5 nitrogen and oxygen atoms in total. The van der Waals surface area contributed by atoms with E-state index in [4.69, 9.17) is 5.11 Å². The Morgan fingerprint density at radius 2 is 1.93 bits per heavy atom. The van der Waals surface area contributed by atoms with Gasteiger partial charge in [0.1, 0.15) is 0 Å². The minimum Gasteiger partial charge on any atom is -0.481 e. The molecule has 1 saturated heterocycles. The van der Waals surface area contributed by atoms with Gasteiger partial charge in [0.25, 0.3) is 0 Å². The Labute approximate surface area is 164 Å². The highest BCUT2D eigenvalue weighted by molar-refractivity contribution is 7.07. The van der Waals surface area contributed by atoms with Crippen molar-refractivity contribution in [2.45, 2.75) is 44.1 Å². The lowest BCUT2D eigenvalue weighted by molar-refractivity contribution is -0.137. The molecule has 1 aromatic heterocycles. The standard InChI is InChI=1S/C21H26N2O3S/c24-20(25)7-6-19(14-16-4-2-1-3-5-16)22-21(26)23-11-8-17(9-12-23)18-10-13-27-15-18/h1-5,10,13,15,17,19H,6-9,11-12,14H2,(H,22,26)(H,24,25). The summed E-state index contributed by atoms with van der Waals surface area (Å²) in [6.45, 7) is 1.48. The number of likely N-dealkylation sites (tertiary alicyclic amines) is 1. The first-order valence-electron chi connectivity index (χ1n) is 9.45. The van der Waals surface area contributed by atoms with Gasteiger partial charge in [-0.2, -0.15) is 11.3 Å². The summed E-state index contributed by atoms with van der Waals surface area (Å²) >= 11 is 1.72. The number of aliphatic carboxylic acids is 1. The van der Waals surface area contributed by atoms with Crippen molar-refractivity contribution in [3.8, 4) is 0 Å². The number of carboxylic acids is 1. The molecule has 1 fully saturated rings. The number of carbonyl (C=O) groups is 2. The number of benzene rings is 1. The summed E-state index contributed by atoms with van der Waals surface area (Å²) in [5.41, 5.74) is 2.48. The van der Waals surface area contributed by atoms with Gasteiger partial charge >= 0.3 is 12.0 Å². The highest BCUT2D eigenvalue weighted by atomic mass is 32.1. The molecule has 1 aliphatic heterocycles. The molecular weight excluding hydrogens is 360 g/mol. The van der Waals surface area contributed by atoms with Crippen molar-refractivity contribution >= 4 is 23.3 Å². The highest BCUT2D eigenvalue weighted by Crippen LogP contribution is 2.29. The van der Waals surface area contributed by atoms with Crippen LogP contribution in [0.5, 0.6) is 0 Å². The number of carboxylic acid groups (broad SMARTS) is 1. The number of carbonyl (C=O) groups excluding carboxylic acids is 1. The molecule has 1 atom stereocenters. The van der Waals surface area contributed by atoms with Crippen molar-refractivity contribution in [3.63, 3.8) is 0 Å². The molecule has 2 heterocycles. The van der Waals surface area contributed by atoms with Crippen LogP contribution < -0.4 is 5.32 Å². The molecule has 6 heteroatoms. The molecule has 1 aromatic carbocycles. The first kappa shape index (κ1) is 19.4. The number of amides is 2. The summed E-state index contributed by atoms with van der Waals surface area (Å²) in [6, 6.07) is 11.8. The van der Waals surface area contributed by atoms with Gasteiger partial charge in [-0.25, -0.2) is 4.79 Å². The van der Waals surface area contributed by atoms with E-state index in [0.717, 1.165) is 31.5 Å². The van der Waals surface area contributed by atoms with Gasteiger partial charge in [0.2, 0.25) is 0 Å². The Bertz CT molecular complexity index is 725. The van der Waals surface area contributed by atoms with Gasteiger partial charge in [0, 0.05) is 25.6 Å². The first-order valence-corrected chi connectivity index (χ1v) is 10.4. The van der Waals surface area contributed by atoms with E-state index >= 15 is 0 Å². The van der Waals surface area contributed by atoms with Gasteiger partial charge in [-0.3, -0.25) is 4.79 Å². The van der Waals surface area contributed by atoms with E-state index in [1.807, 2.05) is 35.2 Å². The third-order valence-corrected chi connectivity index (χ3v) is 5.86.